The predicted molar refractivity (Wildman–Crippen MR) is 104 cm³/mol. The van der Waals surface area contributed by atoms with Crippen molar-refractivity contribution in [2.24, 2.45) is 0 Å². The van der Waals surface area contributed by atoms with E-state index in [9.17, 15) is 5.26 Å². The number of rotatable bonds is 3. The van der Waals surface area contributed by atoms with Crippen LogP contribution in [0.5, 0.6) is 0 Å². The topological polar surface area (TPSA) is 60.5 Å². The molecule has 0 unspecified atom stereocenters. The summed E-state index contributed by atoms with van der Waals surface area (Å²) in [4.78, 5) is 9.27. The molecule has 1 fully saturated rings. The summed E-state index contributed by atoms with van der Waals surface area (Å²) in [7, 11) is 0. The van der Waals surface area contributed by atoms with Crippen molar-refractivity contribution in [1.82, 2.24) is 18.7 Å². The highest BCUT2D eigenvalue weighted by molar-refractivity contribution is 7.10. The number of halogens is 2. The fraction of sp³-hybridized carbons (Fsp3) is 0.353. The first kappa shape index (κ1) is 17.6. The van der Waals surface area contributed by atoms with Crippen molar-refractivity contribution in [3.05, 3.63) is 46.0 Å². The lowest BCUT2D eigenvalue weighted by molar-refractivity contribution is 0.282. The zero-order valence-corrected chi connectivity index (χ0v) is 16.2. The minimum atomic E-state index is 0.303. The van der Waals surface area contributed by atoms with Gasteiger partial charge in [-0.1, -0.05) is 23.2 Å². The van der Waals surface area contributed by atoms with Crippen LogP contribution in [-0.4, -0.2) is 44.8 Å². The van der Waals surface area contributed by atoms with E-state index >= 15 is 0 Å². The zero-order valence-electron chi connectivity index (χ0n) is 13.9. The highest BCUT2D eigenvalue weighted by Gasteiger charge is 2.22. The first-order chi connectivity index (χ1) is 12.6. The molecule has 134 valence electrons. The summed E-state index contributed by atoms with van der Waals surface area (Å²) in [5.41, 5.74) is 2.42. The Hall–Kier alpha value is -1.85. The van der Waals surface area contributed by atoms with Crippen molar-refractivity contribution in [2.75, 3.05) is 31.1 Å². The summed E-state index contributed by atoms with van der Waals surface area (Å²) in [6.45, 7) is 4.41. The fourth-order valence-corrected chi connectivity index (χ4v) is 4.48. The Balaban J connectivity index is 1.45. The molecule has 0 N–H and O–H groups in total. The Morgan fingerprint density at radius 2 is 2.04 bits per heavy atom. The molecule has 1 aliphatic rings. The third-order valence-electron chi connectivity index (χ3n) is 4.47. The van der Waals surface area contributed by atoms with Crippen LogP contribution in [0.15, 0.2) is 24.5 Å². The van der Waals surface area contributed by atoms with E-state index in [1.807, 2.05) is 28.9 Å². The van der Waals surface area contributed by atoms with E-state index in [4.69, 9.17) is 23.2 Å². The zero-order chi connectivity index (χ0) is 18.1. The number of nitrogens with zero attached hydrogens (tertiary/aromatic N) is 6. The Morgan fingerprint density at radius 3 is 2.88 bits per heavy atom. The van der Waals surface area contributed by atoms with Crippen LogP contribution in [-0.2, 0) is 6.54 Å². The average molecular weight is 407 g/mol. The molecule has 0 atom stereocenters. The molecule has 0 amide bonds. The van der Waals surface area contributed by atoms with Gasteiger partial charge >= 0.3 is 0 Å². The molecule has 1 aliphatic heterocycles. The maximum absolute atomic E-state index is 9.30. The summed E-state index contributed by atoms with van der Waals surface area (Å²) < 4.78 is 6.08. The van der Waals surface area contributed by atoms with Crippen molar-refractivity contribution < 1.29 is 0 Å². The smallest absolute Gasteiger partial charge is 0.162 e. The number of nitriles is 1. The van der Waals surface area contributed by atoms with Crippen molar-refractivity contribution in [1.29, 1.82) is 5.26 Å². The molecule has 0 aliphatic carbocycles. The van der Waals surface area contributed by atoms with Gasteiger partial charge in [-0.2, -0.15) is 9.64 Å². The van der Waals surface area contributed by atoms with Crippen LogP contribution in [0.1, 0.15) is 17.7 Å². The van der Waals surface area contributed by atoms with Crippen LogP contribution in [0, 0.1) is 11.3 Å². The maximum Gasteiger partial charge on any atom is 0.162 e. The number of hydrogen-bond acceptors (Lipinski definition) is 6. The first-order valence-electron chi connectivity index (χ1n) is 8.30. The lowest BCUT2D eigenvalue weighted by Gasteiger charge is -2.21. The van der Waals surface area contributed by atoms with Gasteiger partial charge in [-0.3, -0.25) is 4.90 Å². The summed E-state index contributed by atoms with van der Waals surface area (Å²) in [6, 6.07) is 5.94. The second-order valence-corrected chi connectivity index (χ2v) is 7.77. The third-order valence-corrected chi connectivity index (χ3v) is 5.98. The highest BCUT2D eigenvalue weighted by atomic mass is 35.5. The molecular formula is C17H16Cl2N6S. The van der Waals surface area contributed by atoms with Crippen molar-refractivity contribution in [3.8, 4) is 6.07 Å². The molecule has 26 heavy (non-hydrogen) atoms. The van der Waals surface area contributed by atoms with E-state index < -0.39 is 0 Å². The molecule has 0 spiro atoms. The SMILES string of the molecule is N#Cc1c(Cl)nsc1N1CCCN(Cc2cn3cc(Cl)ccc3n2)CC1. The lowest BCUT2D eigenvalue weighted by atomic mass is 10.3. The molecule has 0 bridgehead atoms. The highest BCUT2D eigenvalue weighted by Crippen LogP contribution is 2.31. The van der Waals surface area contributed by atoms with E-state index in [0.29, 0.717) is 15.7 Å². The number of pyridine rings is 1. The van der Waals surface area contributed by atoms with Crippen molar-refractivity contribution >= 4 is 45.4 Å². The minimum absolute atomic E-state index is 0.303. The standard InChI is InChI=1S/C17H16Cl2N6S/c18-12-2-3-15-21-13(11-25(15)9-12)10-23-4-1-5-24(7-6-23)17-14(8-20)16(19)22-26-17/h2-3,9,11H,1,4-7,10H2. The maximum atomic E-state index is 9.30. The average Bonchev–Trinajstić information content (AvgIpc) is 3.10. The van der Waals surface area contributed by atoms with Gasteiger partial charge in [-0.05, 0) is 30.1 Å². The van der Waals surface area contributed by atoms with Crippen LogP contribution in [0.4, 0.5) is 5.00 Å². The van der Waals surface area contributed by atoms with E-state index in [0.717, 1.165) is 55.5 Å². The van der Waals surface area contributed by atoms with Crippen LogP contribution in [0.2, 0.25) is 10.2 Å². The van der Waals surface area contributed by atoms with Gasteiger partial charge in [0.2, 0.25) is 0 Å². The van der Waals surface area contributed by atoms with E-state index in [1.165, 1.54) is 11.5 Å². The fourth-order valence-electron chi connectivity index (χ4n) is 3.23. The van der Waals surface area contributed by atoms with Gasteiger partial charge in [0.1, 0.15) is 22.3 Å². The normalized spacial score (nSPS) is 16.0. The minimum Gasteiger partial charge on any atom is -0.360 e. The Bertz CT molecular complexity index is 975. The molecule has 6 nitrogen and oxygen atoms in total. The van der Waals surface area contributed by atoms with Gasteiger partial charge < -0.3 is 9.30 Å². The molecular weight excluding hydrogens is 391 g/mol. The molecule has 3 aromatic rings. The predicted octanol–water partition coefficient (Wildman–Crippen LogP) is 3.68. The van der Waals surface area contributed by atoms with Crippen LogP contribution in [0.25, 0.3) is 5.65 Å². The molecule has 4 rings (SSSR count). The van der Waals surface area contributed by atoms with Gasteiger partial charge in [0.25, 0.3) is 0 Å². The number of aromatic nitrogens is 3. The molecule has 0 saturated carbocycles. The van der Waals surface area contributed by atoms with Gasteiger partial charge in [0.15, 0.2) is 5.15 Å². The molecule has 0 radical (unpaired) electrons. The first-order valence-corrected chi connectivity index (χ1v) is 9.82. The van der Waals surface area contributed by atoms with E-state index in [-0.39, 0.29) is 0 Å². The number of hydrogen-bond donors (Lipinski definition) is 0. The summed E-state index contributed by atoms with van der Waals surface area (Å²) in [5.74, 6) is 0. The van der Waals surface area contributed by atoms with Gasteiger partial charge in [0.05, 0.1) is 10.7 Å². The summed E-state index contributed by atoms with van der Waals surface area (Å²) in [6.07, 6.45) is 4.91. The van der Waals surface area contributed by atoms with E-state index in [2.05, 4.69) is 25.2 Å². The largest absolute Gasteiger partial charge is 0.360 e. The molecule has 1 saturated heterocycles. The summed E-state index contributed by atoms with van der Waals surface area (Å²) >= 11 is 13.4. The van der Waals surface area contributed by atoms with Crippen molar-refractivity contribution in [3.63, 3.8) is 0 Å². The van der Waals surface area contributed by atoms with Crippen molar-refractivity contribution in [2.45, 2.75) is 13.0 Å². The molecule has 3 aromatic heterocycles. The second-order valence-electron chi connectivity index (χ2n) is 6.23. The third kappa shape index (κ3) is 3.51. The molecule has 4 heterocycles. The van der Waals surface area contributed by atoms with Gasteiger partial charge in [-0.25, -0.2) is 4.98 Å². The van der Waals surface area contributed by atoms with Gasteiger partial charge in [0, 0.05) is 45.1 Å². The quantitative estimate of drug-likeness (QED) is 0.663. The lowest BCUT2D eigenvalue weighted by Crippen LogP contribution is -2.30. The number of anilines is 1. The van der Waals surface area contributed by atoms with E-state index in [1.54, 1.807) is 0 Å². The van der Waals surface area contributed by atoms with Gasteiger partial charge in [-0.15, -0.1) is 0 Å². The molecule has 0 aromatic carbocycles. The second kappa shape index (κ2) is 7.41. The van der Waals surface area contributed by atoms with Crippen LogP contribution >= 0.6 is 34.7 Å². The molecule has 9 heteroatoms. The number of imidazole rings is 1. The summed E-state index contributed by atoms with van der Waals surface area (Å²) in [5, 5.41) is 11.2. The monoisotopic (exact) mass is 406 g/mol. The van der Waals surface area contributed by atoms with Crippen LogP contribution < -0.4 is 4.90 Å². The number of fused-ring (bicyclic) bond motifs is 1. The van der Waals surface area contributed by atoms with Crippen LogP contribution in [0.3, 0.4) is 0 Å². The Kier molecular flexibility index (Phi) is 5.00. The Morgan fingerprint density at radius 1 is 1.15 bits per heavy atom. The Labute approximate surface area is 165 Å².